The Hall–Kier alpha value is -2.77. The van der Waals surface area contributed by atoms with E-state index in [1.54, 1.807) is 25.7 Å². The van der Waals surface area contributed by atoms with Gasteiger partial charge in [-0.25, -0.2) is 9.59 Å². The number of rotatable bonds is 6. The second-order valence-electron chi connectivity index (χ2n) is 7.89. The average molecular weight is 392 g/mol. The lowest BCUT2D eigenvalue weighted by atomic mass is 9.96. The molecule has 1 aromatic rings. The standard InChI is InChI=1S/C20H28N2O6/c1-20(2,3)28-19(26)22-10-9-15(12-22)16(11-17(23)24)21-18(25)27-13-14-7-5-4-6-8-14/h4-8,15-16H,9-13H2,1-3H3,(H,21,25)(H,23,24). The zero-order valence-electron chi connectivity index (χ0n) is 16.5. The van der Waals surface area contributed by atoms with Gasteiger partial charge in [0.2, 0.25) is 0 Å². The number of ether oxygens (including phenoxy) is 2. The first-order chi connectivity index (χ1) is 13.1. The van der Waals surface area contributed by atoms with Crippen molar-refractivity contribution in [1.82, 2.24) is 10.2 Å². The molecular weight excluding hydrogens is 364 g/mol. The minimum Gasteiger partial charge on any atom is -0.481 e. The van der Waals surface area contributed by atoms with Crippen LogP contribution in [0.3, 0.4) is 0 Å². The van der Waals surface area contributed by atoms with Crippen LogP contribution in [0.1, 0.15) is 39.2 Å². The van der Waals surface area contributed by atoms with Crippen molar-refractivity contribution in [1.29, 1.82) is 0 Å². The Kier molecular flexibility index (Phi) is 7.25. The molecule has 1 fully saturated rings. The Morgan fingerprint density at radius 3 is 2.54 bits per heavy atom. The molecule has 0 radical (unpaired) electrons. The van der Waals surface area contributed by atoms with Gasteiger partial charge in [-0.15, -0.1) is 0 Å². The first-order valence-electron chi connectivity index (χ1n) is 9.31. The number of nitrogens with one attached hydrogen (secondary N) is 1. The molecule has 154 valence electrons. The molecule has 1 aliphatic heterocycles. The number of aliphatic carboxylic acids is 1. The van der Waals surface area contributed by atoms with Gasteiger partial charge >= 0.3 is 18.2 Å². The van der Waals surface area contributed by atoms with Crippen molar-refractivity contribution in [3.8, 4) is 0 Å². The summed E-state index contributed by atoms with van der Waals surface area (Å²) in [5.41, 5.74) is 0.235. The topological polar surface area (TPSA) is 105 Å². The van der Waals surface area contributed by atoms with Crippen LogP contribution in [0.25, 0.3) is 0 Å². The van der Waals surface area contributed by atoms with E-state index in [1.165, 1.54) is 0 Å². The molecule has 1 saturated heterocycles. The number of benzene rings is 1. The molecule has 0 bridgehead atoms. The Morgan fingerprint density at radius 1 is 1.25 bits per heavy atom. The number of carbonyl (C=O) groups is 3. The summed E-state index contributed by atoms with van der Waals surface area (Å²) in [6.45, 7) is 6.24. The third kappa shape index (κ3) is 7.09. The molecule has 1 heterocycles. The minimum absolute atomic E-state index is 0.0984. The highest BCUT2D eigenvalue weighted by Gasteiger charge is 2.35. The van der Waals surface area contributed by atoms with E-state index in [0.717, 1.165) is 5.56 Å². The summed E-state index contributed by atoms with van der Waals surface area (Å²) in [6, 6.07) is 8.58. The van der Waals surface area contributed by atoms with Crippen molar-refractivity contribution >= 4 is 18.2 Å². The van der Waals surface area contributed by atoms with Crippen LogP contribution in [0.4, 0.5) is 9.59 Å². The monoisotopic (exact) mass is 392 g/mol. The van der Waals surface area contributed by atoms with Crippen molar-refractivity contribution in [3.05, 3.63) is 35.9 Å². The van der Waals surface area contributed by atoms with Crippen LogP contribution in [0.15, 0.2) is 30.3 Å². The maximum Gasteiger partial charge on any atom is 0.410 e. The van der Waals surface area contributed by atoms with Crippen LogP contribution in [0.2, 0.25) is 0 Å². The lowest BCUT2D eigenvalue weighted by Gasteiger charge is -2.26. The summed E-state index contributed by atoms with van der Waals surface area (Å²) < 4.78 is 10.5. The van der Waals surface area contributed by atoms with E-state index in [9.17, 15) is 19.5 Å². The normalized spacial score (nSPS) is 17.7. The number of hydrogen-bond donors (Lipinski definition) is 2. The summed E-state index contributed by atoms with van der Waals surface area (Å²) in [4.78, 5) is 37.1. The van der Waals surface area contributed by atoms with E-state index in [0.29, 0.717) is 19.5 Å². The molecule has 2 N–H and O–H groups in total. The van der Waals surface area contributed by atoms with E-state index in [4.69, 9.17) is 9.47 Å². The molecule has 28 heavy (non-hydrogen) atoms. The average Bonchev–Trinajstić information content (AvgIpc) is 3.09. The maximum atomic E-state index is 12.2. The van der Waals surface area contributed by atoms with Gasteiger partial charge in [0.25, 0.3) is 0 Å². The molecular formula is C20H28N2O6. The molecule has 8 heteroatoms. The number of carboxylic acid groups (broad SMARTS) is 1. The molecule has 2 amide bonds. The van der Waals surface area contributed by atoms with Gasteiger partial charge in [-0.05, 0) is 38.7 Å². The fourth-order valence-corrected chi connectivity index (χ4v) is 3.05. The second-order valence-corrected chi connectivity index (χ2v) is 7.89. The van der Waals surface area contributed by atoms with Crippen molar-refractivity contribution in [3.63, 3.8) is 0 Å². The molecule has 8 nitrogen and oxygen atoms in total. The summed E-state index contributed by atoms with van der Waals surface area (Å²) in [5, 5.41) is 11.8. The molecule has 0 saturated carbocycles. The zero-order chi connectivity index (χ0) is 20.7. The predicted octanol–water partition coefficient (Wildman–Crippen LogP) is 3.01. The van der Waals surface area contributed by atoms with Gasteiger partial charge in [0.05, 0.1) is 6.42 Å². The van der Waals surface area contributed by atoms with Gasteiger partial charge in [-0.2, -0.15) is 0 Å². The van der Waals surface area contributed by atoms with Crippen LogP contribution < -0.4 is 5.32 Å². The predicted molar refractivity (Wildman–Crippen MR) is 102 cm³/mol. The molecule has 1 aromatic carbocycles. The first-order valence-corrected chi connectivity index (χ1v) is 9.31. The lowest BCUT2D eigenvalue weighted by Crippen LogP contribution is -2.43. The fourth-order valence-electron chi connectivity index (χ4n) is 3.05. The molecule has 2 rings (SSSR count). The summed E-state index contributed by atoms with van der Waals surface area (Å²) in [7, 11) is 0. The van der Waals surface area contributed by atoms with Crippen LogP contribution in [0, 0.1) is 5.92 Å². The van der Waals surface area contributed by atoms with Crippen molar-refractivity contribution in [2.24, 2.45) is 5.92 Å². The summed E-state index contributed by atoms with van der Waals surface area (Å²) >= 11 is 0. The minimum atomic E-state index is -1.02. The van der Waals surface area contributed by atoms with Gasteiger partial charge in [0.1, 0.15) is 12.2 Å². The maximum absolute atomic E-state index is 12.2. The number of hydrogen-bond acceptors (Lipinski definition) is 5. The fraction of sp³-hybridized carbons (Fsp3) is 0.550. The van der Waals surface area contributed by atoms with Crippen molar-refractivity contribution in [2.75, 3.05) is 13.1 Å². The van der Waals surface area contributed by atoms with Gasteiger partial charge in [0, 0.05) is 19.1 Å². The van der Waals surface area contributed by atoms with Crippen LogP contribution in [-0.2, 0) is 20.9 Å². The quantitative estimate of drug-likeness (QED) is 0.771. The summed E-state index contributed by atoms with van der Waals surface area (Å²) in [6.07, 6.45) is -0.773. The highest BCUT2D eigenvalue weighted by Crippen LogP contribution is 2.24. The molecule has 2 unspecified atom stereocenters. The third-order valence-electron chi connectivity index (χ3n) is 4.36. The largest absolute Gasteiger partial charge is 0.481 e. The van der Waals surface area contributed by atoms with E-state index < -0.39 is 29.8 Å². The summed E-state index contributed by atoms with van der Waals surface area (Å²) in [5.74, 6) is -1.21. The van der Waals surface area contributed by atoms with Crippen LogP contribution in [-0.4, -0.2) is 52.9 Å². The van der Waals surface area contributed by atoms with E-state index >= 15 is 0 Å². The number of carbonyl (C=O) groups excluding carboxylic acids is 2. The number of alkyl carbamates (subject to hydrolysis) is 1. The number of nitrogens with zero attached hydrogens (tertiary/aromatic N) is 1. The third-order valence-corrected chi connectivity index (χ3v) is 4.36. The van der Waals surface area contributed by atoms with E-state index in [-0.39, 0.29) is 18.9 Å². The SMILES string of the molecule is CC(C)(C)OC(=O)N1CCC(C(CC(=O)O)NC(=O)OCc2ccccc2)C1. The highest BCUT2D eigenvalue weighted by molar-refractivity contribution is 5.72. The molecule has 0 spiro atoms. The van der Waals surface area contributed by atoms with Crippen LogP contribution in [0.5, 0.6) is 0 Å². The number of amides is 2. The van der Waals surface area contributed by atoms with E-state index in [1.807, 2.05) is 30.3 Å². The number of carboxylic acids is 1. The zero-order valence-corrected chi connectivity index (χ0v) is 16.5. The van der Waals surface area contributed by atoms with Gasteiger partial charge in [0.15, 0.2) is 0 Å². The van der Waals surface area contributed by atoms with Crippen molar-refractivity contribution < 1.29 is 29.0 Å². The van der Waals surface area contributed by atoms with Gasteiger partial charge < -0.3 is 24.8 Å². The Balaban J connectivity index is 1.91. The molecule has 2 atom stereocenters. The Labute approximate surface area is 164 Å². The molecule has 0 aliphatic carbocycles. The van der Waals surface area contributed by atoms with Crippen LogP contribution >= 0.6 is 0 Å². The van der Waals surface area contributed by atoms with E-state index in [2.05, 4.69) is 5.32 Å². The molecule has 0 aromatic heterocycles. The Bertz CT molecular complexity index is 686. The van der Waals surface area contributed by atoms with Gasteiger partial charge in [-0.3, -0.25) is 4.79 Å². The Morgan fingerprint density at radius 2 is 1.93 bits per heavy atom. The van der Waals surface area contributed by atoms with Gasteiger partial charge in [-0.1, -0.05) is 30.3 Å². The lowest BCUT2D eigenvalue weighted by molar-refractivity contribution is -0.137. The van der Waals surface area contributed by atoms with Crippen molar-refractivity contribution in [2.45, 2.75) is 51.9 Å². The second kappa shape index (κ2) is 9.43. The number of likely N-dealkylation sites (tertiary alicyclic amines) is 1. The smallest absolute Gasteiger partial charge is 0.410 e. The highest BCUT2D eigenvalue weighted by atomic mass is 16.6. The first kappa shape index (κ1) is 21.5. The molecule has 1 aliphatic rings.